The summed E-state index contributed by atoms with van der Waals surface area (Å²) in [5, 5.41) is 0. The van der Waals surface area contributed by atoms with Crippen LogP contribution in [0.25, 0.3) is 11.1 Å². The molecule has 2 fully saturated rings. The SMILES string of the molecule is CCC1(CC2(CCCCCCOc3ccc(C(=O)Oc4ccc(-c5ccc(OC(F)(F)F)cc5)cc4)cc3)CC2)COC1. The standard InChI is InChI=1S/C35H39F3O5/c1-2-33(24-40-25-33)23-34(20-21-34)19-5-3-4-6-22-41-29-13-11-28(12-14-29)32(39)42-30-15-7-26(8-16-30)27-9-17-31(18-10-27)43-35(36,37)38/h7-18H,2-6,19-25H2,1H3. The molecule has 0 N–H and O–H groups in total. The largest absolute Gasteiger partial charge is 0.573 e. The number of esters is 1. The second kappa shape index (κ2) is 13.4. The number of ether oxygens (including phenoxy) is 4. The average Bonchev–Trinajstić information content (AvgIpc) is 3.74. The van der Waals surface area contributed by atoms with Crippen molar-refractivity contribution < 1.29 is 36.9 Å². The summed E-state index contributed by atoms with van der Waals surface area (Å²) in [5.74, 6) is 0.305. The number of benzene rings is 3. The lowest BCUT2D eigenvalue weighted by Gasteiger charge is -2.43. The van der Waals surface area contributed by atoms with Gasteiger partial charge in [-0.3, -0.25) is 0 Å². The van der Waals surface area contributed by atoms with Gasteiger partial charge in [0.25, 0.3) is 0 Å². The first kappa shape index (κ1) is 30.9. The third kappa shape index (κ3) is 8.75. The Kier molecular flexibility index (Phi) is 9.65. The van der Waals surface area contributed by atoms with Crippen molar-refractivity contribution >= 4 is 5.97 Å². The van der Waals surface area contributed by atoms with Gasteiger partial charge in [-0.2, -0.15) is 0 Å². The minimum Gasteiger partial charge on any atom is -0.494 e. The number of hydrogen-bond acceptors (Lipinski definition) is 5. The quantitative estimate of drug-likeness (QED) is 0.0994. The topological polar surface area (TPSA) is 54.0 Å². The summed E-state index contributed by atoms with van der Waals surface area (Å²) < 4.78 is 57.9. The zero-order valence-corrected chi connectivity index (χ0v) is 24.6. The van der Waals surface area contributed by atoms with Crippen molar-refractivity contribution in [2.24, 2.45) is 10.8 Å². The minimum absolute atomic E-state index is 0.286. The maximum atomic E-state index is 12.6. The summed E-state index contributed by atoms with van der Waals surface area (Å²) >= 11 is 0. The molecular formula is C35H39F3O5. The molecule has 230 valence electrons. The average molecular weight is 597 g/mol. The van der Waals surface area contributed by atoms with Crippen molar-refractivity contribution in [3.05, 3.63) is 78.4 Å². The Morgan fingerprint density at radius 1 is 0.767 bits per heavy atom. The first-order valence-electron chi connectivity index (χ1n) is 15.2. The Balaban J connectivity index is 0.988. The summed E-state index contributed by atoms with van der Waals surface area (Å²) in [4.78, 5) is 12.6. The molecule has 3 aromatic carbocycles. The summed E-state index contributed by atoms with van der Waals surface area (Å²) in [6.45, 7) is 4.86. The van der Waals surface area contributed by atoms with E-state index in [4.69, 9.17) is 14.2 Å². The fourth-order valence-corrected chi connectivity index (χ4v) is 5.87. The Labute approximate surface area is 251 Å². The molecule has 1 aliphatic carbocycles. The highest BCUT2D eigenvalue weighted by molar-refractivity contribution is 5.91. The van der Waals surface area contributed by atoms with Crippen LogP contribution in [0.4, 0.5) is 13.2 Å². The van der Waals surface area contributed by atoms with Gasteiger partial charge in [-0.25, -0.2) is 4.79 Å². The predicted molar refractivity (Wildman–Crippen MR) is 158 cm³/mol. The highest BCUT2D eigenvalue weighted by Crippen LogP contribution is 2.58. The summed E-state index contributed by atoms with van der Waals surface area (Å²) in [5.41, 5.74) is 2.92. The van der Waals surface area contributed by atoms with Crippen molar-refractivity contribution in [3.63, 3.8) is 0 Å². The van der Waals surface area contributed by atoms with Gasteiger partial charge >= 0.3 is 12.3 Å². The Morgan fingerprint density at radius 2 is 1.35 bits per heavy atom. The molecule has 0 amide bonds. The number of unbranched alkanes of at least 4 members (excludes halogenated alkanes) is 3. The molecule has 0 bridgehead atoms. The van der Waals surface area contributed by atoms with E-state index < -0.39 is 12.3 Å². The second-order valence-corrected chi connectivity index (χ2v) is 12.0. The molecule has 0 unspecified atom stereocenters. The summed E-state index contributed by atoms with van der Waals surface area (Å²) in [6, 6.07) is 19.2. The van der Waals surface area contributed by atoms with Crippen LogP contribution in [0.15, 0.2) is 72.8 Å². The number of hydrogen-bond donors (Lipinski definition) is 0. The lowest BCUT2D eigenvalue weighted by molar-refractivity contribution is -0.274. The number of rotatable bonds is 15. The van der Waals surface area contributed by atoms with E-state index in [1.807, 2.05) is 0 Å². The van der Waals surface area contributed by atoms with E-state index in [0.717, 1.165) is 37.4 Å². The molecule has 43 heavy (non-hydrogen) atoms. The van der Waals surface area contributed by atoms with Gasteiger partial charge in [0.05, 0.1) is 25.4 Å². The number of halogens is 3. The van der Waals surface area contributed by atoms with Crippen LogP contribution >= 0.6 is 0 Å². The van der Waals surface area contributed by atoms with Crippen LogP contribution in [-0.4, -0.2) is 32.2 Å². The second-order valence-electron chi connectivity index (χ2n) is 12.0. The van der Waals surface area contributed by atoms with E-state index in [1.54, 1.807) is 48.5 Å². The van der Waals surface area contributed by atoms with Crippen molar-refractivity contribution in [1.29, 1.82) is 0 Å². The van der Waals surface area contributed by atoms with Crippen LogP contribution in [0.3, 0.4) is 0 Å². The molecule has 1 saturated carbocycles. The Bertz CT molecular complexity index is 1320. The van der Waals surface area contributed by atoms with Crippen LogP contribution in [0.2, 0.25) is 0 Å². The van der Waals surface area contributed by atoms with E-state index in [2.05, 4.69) is 11.7 Å². The van der Waals surface area contributed by atoms with Gasteiger partial charge in [0, 0.05) is 5.41 Å². The molecule has 1 heterocycles. The van der Waals surface area contributed by atoms with Crippen molar-refractivity contribution in [3.8, 4) is 28.4 Å². The highest BCUT2D eigenvalue weighted by Gasteiger charge is 2.50. The predicted octanol–water partition coefficient (Wildman–Crippen LogP) is 9.40. The first-order chi connectivity index (χ1) is 20.7. The van der Waals surface area contributed by atoms with Crippen LogP contribution in [0.1, 0.15) is 75.1 Å². The van der Waals surface area contributed by atoms with Gasteiger partial charge in [-0.15, -0.1) is 13.2 Å². The van der Waals surface area contributed by atoms with Gasteiger partial charge in [-0.05, 0) is 104 Å². The first-order valence-corrected chi connectivity index (χ1v) is 15.2. The molecule has 1 saturated heterocycles. The van der Waals surface area contributed by atoms with Gasteiger partial charge in [-0.1, -0.05) is 50.5 Å². The normalized spacial score (nSPS) is 16.7. The molecule has 0 atom stereocenters. The molecule has 3 aromatic rings. The van der Waals surface area contributed by atoms with E-state index in [-0.39, 0.29) is 5.75 Å². The number of alkyl halides is 3. The van der Waals surface area contributed by atoms with E-state index in [9.17, 15) is 18.0 Å². The molecule has 0 radical (unpaired) electrons. The lowest BCUT2D eigenvalue weighted by Crippen LogP contribution is -2.43. The van der Waals surface area contributed by atoms with Crippen molar-refractivity contribution in [2.75, 3.05) is 19.8 Å². The molecule has 5 nitrogen and oxygen atoms in total. The fourth-order valence-electron chi connectivity index (χ4n) is 5.87. The molecule has 2 aliphatic rings. The van der Waals surface area contributed by atoms with Gasteiger partial charge < -0.3 is 18.9 Å². The molecule has 1 aliphatic heterocycles. The lowest BCUT2D eigenvalue weighted by atomic mass is 9.73. The fraction of sp³-hybridized carbons (Fsp3) is 0.457. The molecule has 0 aromatic heterocycles. The van der Waals surface area contributed by atoms with Crippen molar-refractivity contribution in [2.45, 2.75) is 71.1 Å². The number of carbonyl (C=O) groups is 1. The maximum Gasteiger partial charge on any atom is 0.573 e. The Hall–Kier alpha value is -3.52. The third-order valence-corrected chi connectivity index (χ3v) is 8.72. The Morgan fingerprint density at radius 3 is 1.88 bits per heavy atom. The summed E-state index contributed by atoms with van der Waals surface area (Å²) in [6.07, 6.45) is 6.64. The van der Waals surface area contributed by atoms with E-state index >= 15 is 0 Å². The van der Waals surface area contributed by atoms with E-state index in [0.29, 0.717) is 34.3 Å². The van der Waals surface area contributed by atoms with Gasteiger partial charge in [0.15, 0.2) is 0 Å². The van der Waals surface area contributed by atoms with Gasteiger partial charge in [0.1, 0.15) is 17.2 Å². The smallest absolute Gasteiger partial charge is 0.494 e. The van der Waals surface area contributed by atoms with Crippen LogP contribution in [0, 0.1) is 10.8 Å². The highest BCUT2D eigenvalue weighted by atomic mass is 19.4. The van der Waals surface area contributed by atoms with Crippen LogP contribution in [-0.2, 0) is 4.74 Å². The molecule has 5 rings (SSSR count). The zero-order valence-electron chi connectivity index (χ0n) is 24.6. The third-order valence-electron chi connectivity index (χ3n) is 8.72. The van der Waals surface area contributed by atoms with Crippen molar-refractivity contribution in [1.82, 2.24) is 0 Å². The van der Waals surface area contributed by atoms with Crippen LogP contribution in [0.5, 0.6) is 17.2 Å². The molecular weight excluding hydrogens is 557 g/mol. The zero-order chi connectivity index (χ0) is 30.3. The maximum absolute atomic E-state index is 12.6. The van der Waals surface area contributed by atoms with Crippen LogP contribution < -0.4 is 14.2 Å². The summed E-state index contributed by atoms with van der Waals surface area (Å²) in [7, 11) is 0. The molecule has 0 spiro atoms. The van der Waals surface area contributed by atoms with Gasteiger partial charge in [0.2, 0.25) is 0 Å². The van der Waals surface area contributed by atoms with E-state index in [1.165, 1.54) is 69.2 Å². The minimum atomic E-state index is -4.73. The monoisotopic (exact) mass is 596 g/mol. The molecule has 8 heteroatoms. The number of carbonyl (C=O) groups excluding carboxylic acids is 1.